The number of aromatic nitrogens is 2. The van der Waals surface area contributed by atoms with E-state index < -0.39 is 11.1 Å². The van der Waals surface area contributed by atoms with Crippen LogP contribution in [0.2, 0.25) is 0 Å². The van der Waals surface area contributed by atoms with Gasteiger partial charge in [-0.15, -0.1) is 17.7 Å². The van der Waals surface area contributed by atoms with Gasteiger partial charge in [-0.1, -0.05) is 116 Å². The van der Waals surface area contributed by atoms with E-state index in [0.29, 0.717) is 23.0 Å². The third-order valence-electron chi connectivity index (χ3n) is 12.5. The Bertz CT molecular complexity index is 2390. The number of anilines is 3. The fraction of sp³-hybridized carbons (Fsp3) is 0.383. The van der Waals surface area contributed by atoms with Gasteiger partial charge in [-0.05, 0) is 95.9 Å². The van der Waals surface area contributed by atoms with Crippen LogP contribution >= 0.6 is 0 Å². The minimum atomic E-state index is -0.612. The zero-order valence-electron chi connectivity index (χ0n) is 33.8. The molecular weight excluding hydrogens is 848 g/mol. The second kappa shape index (κ2) is 12.4. The fourth-order valence-corrected chi connectivity index (χ4v) is 9.19. The van der Waals surface area contributed by atoms with Gasteiger partial charge in [-0.25, -0.2) is 4.98 Å². The Morgan fingerprint density at radius 2 is 1.52 bits per heavy atom. The largest absolute Gasteiger partial charge is 2.00 e. The summed E-state index contributed by atoms with van der Waals surface area (Å²) in [4.78, 5) is 17.5. The second-order valence-electron chi connectivity index (χ2n) is 17.7. The molecule has 0 saturated carbocycles. The molecule has 2 aliphatic heterocycles. The molecule has 3 aromatic carbocycles. The maximum absolute atomic E-state index is 7.01. The number of nitrogens with zero attached hydrogens (tertiary/aromatic N) is 4. The van der Waals surface area contributed by atoms with Crippen LogP contribution in [0.3, 0.4) is 0 Å². The summed E-state index contributed by atoms with van der Waals surface area (Å²) in [6.45, 7) is 28.5. The Labute approximate surface area is 335 Å². The molecule has 54 heavy (non-hydrogen) atoms. The first-order chi connectivity index (χ1) is 24.8. The topological polar surface area (TPSA) is 59.8 Å². The molecule has 280 valence electrons. The van der Waals surface area contributed by atoms with Gasteiger partial charge in [0.05, 0.1) is 5.75 Å². The van der Waals surface area contributed by atoms with Gasteiger partial charge in [0.15, 0.2) is 0 Å². The zero-order chi connectivity index (χ0) is 38.0. The molecule has 8 rings (SSSR count). The van der Waals surface area contributed by atoms with E-state index in [9.17, 15) is 0 Å². The number of hydrogen-bond acceptors (Lipinski definition) is 6. The Morgan fingerprint density at radius 1 is 0.796 bits per heavy atom. The molecule has 6 nitrogen and oxygen atoms in total. The maximum atomic E-state index is 7.01. The number of rotatable bonds is 4. The fourth-order valence-electron chi connectivity index (χ4n) is 9.19. The van der Waals surface area contributed by atoms with Crippen molar-refractivity contribution in [2.24, 2.45) is 4.99 Å². The summed E-state index contributed by atoms with van der Waals surface area (Å²) in [5.74, 6) is 2.47. The Morgan fingerprint density at radius 3 is 2.24 bits per heavy atom. The molecule has 0 saturated heterocycles. The average Bonchev–Trinajstić information content (AvgIpc) is 3.43. The number of para-hydroxylation sites is 1. The molecule has 1 aliphatic carbocycles. The zero-order valence-corrected chi connectivity index (χ0v) is 36.0. The van der Waals surface area contributed by atoms with Crippen molar-refractivity contribution >= 4 is 23.1 Å². The number of hydrogen-bond donors (Lipinski definition) is 0. The first-order valence-corrected chi connectivity index (χ1v) is 18.7. The Kier molecular flexibility index (Phi) is 8.70. The number of benzene rings is 3. The summed E-state index contributed by atoms with van der Waals surface area (Å²) in [5.41, 5.74) is 11.1. The van der Waals surface area contributed by atoms with Crippen molar-refractivity contribution in [3.63, 3.8) is 0 Å². The van der Waals surface area contributed by atoms with Crippen molar-refractivity contribution in [3.8, 4) is 11.5 Å². The molecule has 0 fully saturated rings. The summed E-state index contributed by atoms with van der Waals surface area (Å²) in [7, 11) is 0. The van der Waals surface area contributed by atoms with Crippen molar-refractivity contribution in [1.82, 2.24) is 9.97 Å². The molecule has 0 spiro atoms. The SMILES string of the molecule is Cc1cc(C)c2c(c1)[C@@]1(C)N=C(c3[c-]c(Oc4[c-]c5c(cc4)C(C)(C)c4ccccc4N5c4cc(C(C)(C)C)ccn4)c(C)nc3C)O[C@@]1(C)C2(C)C.[Pt+2]. The number of pyridine rings is 2. The Hall–Kier alpha value is -4.28. The molecule has 2 aromatic heterocycles. The monoisotopic (exact) mass is 897 g/mol. The molecule has 0 radical (unpaired) electrons. The van der Waals surface area contributed by atoms with Crippen LogP contribution < -0.4 is 9.64 Å². The molecule has 3 aliphatic rings. The quantitative estimate of drug-likeness (QED) is 0.168. The van der Waals surface area contributed by atoms with E-state index in [1.54, 1.807) is 0 Å². The molecule has 0 unspecified atom stereocenters. The summed E-state index contributed by atoms with van der Waals surface area (Å²) >= 11 is 0. The normalized spacial score (nSPS) is 21.6. The minimum Gasteiger partial charge on any atom is -0.510 e. The first-order valence-electron chi connectivity index (χ1n) is 18.7. The van der Waals surface area contributed by atoms with Crippen molar-refractivity contribution in [3.05, 3.63) is 135 Å². The molecule has 0 amide bonds. The van der Waals surface area contributed by atoms with E-state index >= 15 is 0 Å². The van der Waals surface area contributed by atoms with E-state index in [2.05, 4.69) is 148 Å². The maximum Gasteiger partial charge on any atom is 2.00 e. The van der Waals surface area contributed by atoms with Crippen molar-refractivity contribution in [2.75, 3.05) is 4.90 Å². The van der Waals surface area contributed by atoms with Crippen LogP contribution in [0.4, 0.5) is 17.2 Å². The summed E-state index contributed by atoms with van der Waals surface area (Å²) < 4.78 is 13.7. The van der Waals surface area contributed by atoms with Crippen LogP contribution in [0.1, 0.15) is 118 Å². The predicted octanol–water partition coefficient (Wildman–Crippen LogP) is 11.2. The standard InChI is InChI=1S/C47H50N4O2.Pt/c1-27-22-28(2)41-36(23-27)46(12)47(13,45(41,10)11)53-42(50-46)33-26-39(30(4)49-29(33)3)52-32-18-19-35-38(25-32)51(37-17-15-14-16-34(37)44(35,8)9)40-24-31(20-21-48-40)43(5,6)7;/h14-24H,1-13H3;/q-2;+2/t46-,47+;/m1./s1. The number of aryl methyl sites for hydroxylation is 4. The molecule has 5 aromatic rings. The Balaban J connectivity index is 0.00000450. The van der Waals surface area contributed by atoms with E-state index in [-0.39, 0.29) is 37.3 Å². The molecule has 2 atom stereocenters. The summed E-state index contributed by atoms with van der Waals surface area (Å²) in [6.07, 6.45) is 1.90. The van der Waals surface area contributed by atoms with Gasteiger partial charge < -0.3 is 19.4 Å². The number of fused-ring (bicyclic) bond motifs is 5. The summed E-state index contributed by atoms with van der Waals surface area (Å²) in [5, 5.41) is 0. The van der Waals surface area contributed by atoms with Gasteiger partial charge in [0, 0.05) is 23.0 Å². The van der Waals surface area contributed by atoms with E-state index in [0.717, 1.165) is 34.1 Å². The molecule has 0 N–H and O–H groups in total. The van der Waals surface area contributed by atoms with Crippen LogP contribution in [-0.2, 0) is 47.6 Å². The molecule has 7 heteroatoms. The van der Waals surface area contributed by atoms with Crippen LogP contribution in [0.15, 0.2) is 71.9 Å². The smallest absolute Gasteiger partial charge is 0.510 e. The van der Waals surface area contributed by atoms with Crippen molar-refractivity contribution in [2.45, 2.75) is 117 Å². The van der Waals surface area contributed by atoms with Gasteiger partial charge in [0.2, 0.25) is 0 Å². The van der Waals surface area contributed by atoms with Gasteiger partial charge >= 0.3 is 21.1 Å². The average molecular weight is 898 g/mol. The van der Waals surface area contributed by atoms with E-state index in [1.807, 2.05) is 26.1 Å². The minimum absolute atomic E-state index is 0. The summed E-state index contributed by atoms with van der Waals surface area (Å²) in [6, 6.07) is 28.8. The van der Waals surface area contributed by atoms with E-state index in [4.69, 9.17) is 24.4 Å². The first kappa shape index (κ1) is 38.0. The number of ether oxygens (including phenoxy) is 2. The van der Waals surface area contributed by atoms with Crippen LogP contribution in [-0.4, -0.2) is 21.5 Å². The molecule has 0 bridgehead atoms. The third kappa shape index (κ3) is 5.34. The second-order valence-corrected chi connectivity index (χ2v) is 17.7. The number of aliphatic imine (C=N–C) groups is 1. The van der Waals surface area contributed by atoms with E-state index in [1.165, 1.54) is 33.4 Å². The van der Waals surface area contributed by atoms with Crippen molar-refractivity contribution in [1.29, 1.82) is 0 Å². The van der Waals surface area contributed by atoms with Gasteiger partial charge in [-0.2, -0.15) is 6.07 Å². The van der Waals surface area contributed by atoms with Crippen molar-refractivity contribution < 1.29 is 30.5 Å². The van der Waals surface area contributed by atoms with Crippen LogP contribution in [0.25, 0.3) is 0 Å². The third-order valence-corrected chi connectivity index (χ3v) is 12.5. The van der Waals surface area contributed by atoms with Gasteiger partial charge in [0.1, 0.15) is 22.9 Å². The van der Waals surface area contributed by atoms with Crippen LogP contribution in [0, 0.1) is 39.8 Å². The van der Waals surface area contributed by atoms with Crippen LogP contribution in [0.5, 0.6) is 11.5 Å². The predicted molar refractivity (Wildman–Crippen MR) is 214 cm³/mol. The van der Waals surface area contributed by atoms with Gasteiger partial charge in [-0.3, -0.25) is 4.99 Å². The molecular formula is C47H50N4O2Pt. The van der Waals surface area contributed by atoms with Gasteiger partial charge in [0.25, 0.3) is 0 Å². The molecule has 4 heterocycles.